The zero-order valence-electron chi connectivity index (χ0n) is 7.29. The molecule has 0 aliphatic rings. The fraction of sp³-hybridized carbons (Fsp3) is 0.333. The number of phenolic OH excluding ortho intramolecular Hbond substituents is 1. The summed E-state index contributed by atoms with van der Waals surface area (Å²) in [6.07, 6.45) is -0.605. The first-order valence-corrected chi connectivity index (χ1v) is 4.75. The van der Waals surface area contributed by atoms with Gasteiger partial charge in [-0.1, -0.05) is 15.9 Å². The summed E-state index contributed by atoms with van der Waals surface area (Å²) < 4.78 is 0.799. The van der Waals surface area contributed by atoms with Gasteiger partial charge in [-0.05, 0) is 30.8 Å². The topological polar surface area (TPSA) is 52.5 Å². The van der Waals surface area contributed by atoms with E-state index in [2.05, 4.69) is 21.2 Å². The van der Waals surface area contributed by atoms with Crippen LogP contribution >= 0.6 is 15.9 Å². The summed E-state index contributed by atoms with van der Waals surface area (Å²) >= 11 is 3.30. The van der Waals surface area contributed by atoms with Gasteiger partial charge in [0, 0.05) is 11.0 Å². The van der Waals surface area contributed by atoms with Crippen molar-refractivity contribution >= 4 is 15.9 Å². The molecule has 0 fully saturated rings. The van der Waals surface area contributed by atoms with Crippen molar-refractivity contribution in [1.82, 2.24) is 5.32 Å². The van der Waals surface area contributed by atoms with Gasteiger partial charge in [-0.2, -0.15) is 0 Å². The lowest BCUT2D eigenvalue weighted by atomic mass is 10.1. The van der Waals surface area contributed by atoms with Crippen LogP contribution in [-0.4, -0.2) is 23.8 Å². The molecule has 0 spiro atoms. The van der Waals surface area contributed by atoms with Crippen molar-refractivity contribution in [1.29, 1.82) is 0 Å². The van der Waals surface area contributed by atoms with E-state index in [0.29, 0.717) is 12.1 Å². The molecule has 0 unspecified atom stereocenters. The van der Waals surface area contributed by atoms with Crippen LogP contribution in [0.15, 0.2) is 22.7 Å². The first-order chi connectivity index (χ1) is 6.15. The Balaban J connectivity index is 2.91. The minimum absolute atomic E-state index is 0.161. The van der Waals surface area contributed by atoms with Gasteiger partial charge in [0.25, 0.3) is 0 Å². The highest BCUT2D eigenvalue weighted by atomic mass is 79.9. The normalized spacial score (nSPS) is 12.8. The fourth-order valence-electron chi connectivity index (χ4n) is 1.09. The Bertz CT molecular complexity index is 291. The molecule has 1 atom stereocenters. The van der Waals surface area contributed by atoms with Crippen LogP contribution in [-0.2, 0) is 0 Å². The summed E-state index contributed by atoms with van der Waals surface area (Å²) in [4.78, 5) is 0. The number of rotatable bonds is 3. The minimum Gasteiger partial charge on any atom is -0.508 e. The SMILES string of the molecule is CNC[C@H](O)c1cc(O)ccc1Br. The van der Waals surface area contributed by atoms with Crippen LogP contribution in [0.3, 0.4) is 0 Å². The van der Waals surface area contributed by atoms with E-state index in [1.54, 1.807) is 25.2 Å². The van der Waals surface area contributed by atoms with Crippen LogP contribution < -0.4 is 5.32 Å². The summed E-state index contributed by atoms with van der Waals surface area (Å²) in [6.45, 7) is 0.460. The monoisotopic (exact) mass is 245 g/mol. The average Bonchev–Trinajstić information content (AvgIpc) is 2.09. The minimum atomic E-state index is -0.605. The summed E-state index contributed by atoms with van der Waals surface area (Å²) in [6, 6.07) is 4.83. The number of likely N-dealkylation sites (N-methyl/N-ethyl adjacent to an activating group) is 1. The number of aliphatic hydroxyl groups is 1. The van der Waals surface area contributed by atoms with E-state index in [1.165, 1.54) is 0 Å². The third-order valence-corrected chi connectivity index (χ3v) is 2.46. The molecule has 1 rings (SSSR count). The van der Waals surface area contributed by atoms with Gasteiger partial charge < -0.3 is 15.5 Å². The van der Waals surface area contributed by atoms with Gasteiger partial charge in [-0.3, -0.25) is 0 Å². The van der Waals surface area contributed by atoms with Gasteiger partial charge in [-0.25, -0.2) is 0 Å². The van der Waals surface area contributed by atoms with Crippen molar-refractivity contribution in [3.05, 3.63) is 28.2 Å². The Kier molecular flexibility index (Phi) is 3.71. The number of aliphatic hydroxyl groups excluding tert-OH is 1. The maximum atomic E-state index is 9.62. The number of nitrogens with one attached hydrogen (secondary N) is 1. The van der Waals surface area contributed by atoms with Crippen LogP contribution in [0.2, 0.25) is 0 Å². The molecule has 72 valence electrons. The number of phenols is 1. The lowest BCUT2D eigenvalue weighted by Gasteiger charge is -2.12. The van der Waals surface area contributed by atoms with Gasteiger partial charge in [0.1, 0.15) is 5.75 Å². The highest BCUT2D eigenvalue weighted by Gasteiger charge is 2.10. The second-order valence-electron chi connectivity index (χ2n) is 2.78. The molecule has 0 saturated heterocycles. The second-order valence-corrected chi connectivity index (χ2v) is 3.63. The summed E-state index contributed by atoms with van der Waals surface area (Å²) in [5.74, 6) is 0.161. The molecule has 1 aromatic rings. The molecule has 0 aromatic heterocycles. The maximum Gasteiger partial charge on any atom is 0.116 e. The first kappa shape index (κ1) is 10.5. The van der Waals surface area contributed by atoms with Crippen LogP contribution in [0.4, 0.5) is 0 Å². The fourth-order valence-corrected chi connectivity index (χ4v) is 1.60. The Morgan fingerprint density at radius 3 is 2.85 bits per heavy atom. The summed E-state index contributed by atoms with van der Waals surface area (Å²) in [5.41, 5.74) is 0.689. The Labute approximate surface area is 85.5 Å². The lowest BCUT2D eigenvalue weighted by Crippen LogP contribution is -2.16. The Hall–Kier alpha value is -0.580. The van der Waals surface area contributed by atoms with E-state index in [0.717, 1.165) is 4.47 Å². The van der Waals surface area contributed by atoms with Crippen molar-refractivity contribution in [3.8, 4) is 5.75 Å². The zero-order valence-corrected chi connectivity index (χ0v) is 8.87. The van der Waals surface area contributed by atoms with Crippen LogP contribution in [0, 0.1) is 0 Å². The Morgan fingerprint density at radius 1 is 1.54 bits per heavy atom. The molecule has 0 radical (unpaired) electrons. The molecule has 13 heavy (non-hydrogen) atoms. The molecule has 0 saturated carbocycles. The molecule has 0 aliphatic heterocycles. The van der Waals surface area contributed by atoms with Crippen molar-refractivity contribution in [2.75, 3.05) is 13.6 Å². The van der Waals surface area contributed by atoms with Crippen LogP contribution in [0.1, 0.15) is 11.7 Å². The molecule has 3 N–H and O–H groups in total. The summed E-state index contributed by atoms with van der Waals surface area (Å²) in [5, 5.41) is 21.7. The molecule has 0 amide bonds. The molecular formula is C9H12BrNO2. The zero-order chi connectivity index (χ0) is 9.84. The van der Waals surface area contributed by atoms with E-state index in [9.17, 15) is 10.2 Å². The second kappa shape index (κ2) is 4.60. The molecular weight excluding hydrogens is 234 g/mol. The van der Waals surface area contributed by atoms with E-state index < -0.39 is 6.10 Å². The van der Waals surface area contributed by atoms with Gasteiger partial charge in [0.15, 0.2) is 0 Å². The van der Waals surface area contributed by atoms with Crippen LogP contribution in [0.25, 0.3) is 0 Å². The molecule has 1 aromatic carbocycles. The lowest BCUT2D eigenvalue weighted by molar-refractivity contribution is 0.176. The van der Waals surface area contributed by atoms with Crippen molar-refractivity contribution in [2.24, 2.45) is 0 Å². The van der Waals surface area contributed by atoms with Crippen molar-refractivity contribution in [3.63, 3.8) is 0 Å². The third-order valence-electron chi connectivity index (χ3n) is 1.74. The smallest absolute Gasteiger partial charge is 0.116 e. The average molecular weight is 246 g/mol. The van der Waals surface area contributed by atoms with Gasteiger partial charge in [-0.15, -0.1) is 0 Å². The molecule has 0 heterocycles. The number of hydrogen-bond acceptors (Lipinski definition) is 3. The highest BCUT2D eigenvalue weighted by Crippen LogP contribution is 2.26. The number of hydrogen-bond donors (Lipinski definition) is 3. The Morgan fingerprint density at radius 2 is 2.23 bits per heavy atom. The number of halogens is 1. The predicted octanol–water partition coefficient (Wildman–Crippen LogP) is 1.41. The largest absolute Gasteiger partial charge is 0.508 e. The van der Waals surface area contributed by atoms with Crippen LogP contribution in [0.5, 0.6) is 5.75 Å². The summed E-state index contributed by atoms with van der Waals surface area (Å²) in [7, 11) is 1.76. The van der Waals surface area contributed by atoms with Crippen molar-refractivity contribution in [2.45, 2.75) is 6.10 Å². The first-order valence-electron chi connectivity index (χ1n) is 3.96. The molecule has 0 bridgehead atoms. The maximum absolute atomic E-state index is 9.62. The van der Waals surface area contributed by atoms with E-state index in [-0.39, 0.29) is 5.75 Å². The molecule has 0 aliphatic carbocycles. The molecule has 3 nitrogen and oxygen atoms in total. The van der Waals surface area contributed by atoms with E-state index in [1.807, 2.05) is 0 Å². The van der Waals surface area contributed by atoms with E-state index >= 15 is 0 Å². The third kappa shape index (κ3) is 2.69. The van der Waals surface area contributed by atoms with Gasteiger partial charge in [0.05, 0.1) is 6.10 Å². The number of benzene rings is 1. The van der Waals surface area contributed by atoms with Gasteiger partial charge in [0.2, 0.25) is 0 Å². The highest BCUT2D eigenvalue weighted by molar-refractivity contribution is 9.10. The van der Waals surface area contributed by atoms with Crippen molar-refractivity contribution < 1.29 is 10.2 Å². The number of aromatic hydroxyl groups is 1. The predicted molar refractivity (Wildman–Crippen MR) is 54.7 cm³/mol. The van der Waals surface area contributed by atoms with E-state index in [4.69, 9.17) is 0 Å². The molecule has 4 heteroatoms. The quantitative estimate of drug-likeness (QED) is 0.755. The van der Waals surface area contributed by atoms with Gasteiger partial charge >= 0.3 is 0 Å². The standard InChI is InChI=1S/C9H12BrNO2/c1-11-5-9(13)7-4-6(12)2-3-8(7)10/h2-4,9,11-13H,5H2,1H3/t9-/m0/s1.